The second-order valence-electron chi connectivity index (χ2n) is 12.6. The highest BCUT2D eigenvalue weighted by molar-refractivity contribution is 7.26. The lowest BCUT2D eigenvalue weighted by Crippen LogP contribution is -2.09. The van der Waals surface area contributed by atoms with Gasteiger partial charge in [-0.1, -0.05) is 121 Å². The average Bonchev–Trinajstić information content (AvgIpc) is 3.74. The highest BCUT2D eigenvalue weighted by Gasteiger charge is 2.17. The van der Waals surface area contributed by atoms with Crippen LogP contribution in [0.25, 0.3) is 75.1 Å². The smallest absolute Gasteiger partial charge is 0.135 e. The van der Waals surface area contributed by atoms with Gasteiger partial charge in [-0.3, -0.25) is 0 Å². The van der Waals surface area contributed by atoms with Crippen molar-refractivity contribution in [2.45, 2.75) is 0 Å². The number of hydrogen-bond donors (Lipinski definition) is 0. The summed E-state index contributed by atoms with van der Waals surface area (Å²) < 4.78 is 8.72. The van der Waals surface area contributed by atoms with E-state index in [1.54, 1.807) is 0 Å². The van der Waals surface area contributed by atoms with Gasteiger partial charge in [0.25, 0.3) is 0 Å². The largest absolute Gasteiger partial charge is 0.456 e. The predicted octanol–water partition coefficient (Wildman–Crippen LogP) is 13.9. The van der Waals surface area contributed by atoms with Crippen LogP contribution in [0.4, 0.5) is 17.1 Å². The molecule has 0 saturated carbocycles. The fraction of sp³-hybridized carbons (Fsp3) is 0. The fourth-order valence-corrected chi connectivity index (χ4v) is 8.49. The maximum atomic E-state index is 6.09. The van der Waals surface area contributed by atoms with Crippen LogP contribution in [-0.2, 0) is 0 Å². The molecule has 2 heterocycles. The first kappa shape index (κ1) is 27.9. The Balaban J connectivity index is 1.09. The van der Waals surface area contributed by atoms with Crippen molar-refractivity contribution in [2.24, 2.45) is 0 Å². The molecule has 10 rings (SSSR count). The second-order valence-corrected chi connectivity index (χ2v) is 13.6. The molecule has 8 aromatic carbocycles. The highest BCUT2D eigenvalue weighted by atomic mass is 32.1. The number of thiophene rings is 1. The number of fused-ring (bicyclic) bond motifs is 8. The van der Waals surface area contributed by atoms with E-state index < -0.39 is 0 Å². The van der Waals surface area contributed by atoms with Crippen molar-refractivity contribution in [3.8, 4) is 22.3 Å². The molecular weight excluding hydrogens is 615 g/mol. The van der Waals surface area contributed by atoms with Gasteiger partial charge >= 0.3 is 0 Å². The Morgan fingerprint density at radius 1 is 0.367 bits per heavy atom. The van der Waals surface area contributed by atoms with Gasteiger partial charge < -0.3 is 9.32 Å². The lowest BCUT2D eigenvalue weighted by Gasteiger charge is -2.26. The van der Waals surface area contributed by atoms with Gasteiger partial charge in [0.2, 0.25) is 0 Å². The molecule has 2 aromatic heterocycles. The van der Waals surface area contributed by atoms with Gasteiger partial charge in [-0.15, -0.1) is 11.3 Å². The Bertz CT molecular complexity index is 2810. The number of para-hydroxylation sites is 1. The molecule has 0 aliphatic heterocycles. The summed E-state index contributed by atoms with van der Waals surface area (Å²) in [7, 11) is 0. The zero-order chi connectivity index (χ0) is 32.3. The maximum Gasteiger partial charge on any atom is 0.135 e. The number of benzene rings is 8. The quantitative estimate of drug-likeness (QED) is 0.186. The summed E-state index contributed by atoms with van der Waals surface area (Å²) in [6.07, 6.45) is 0. The van der Waals surface area contributed by atoms with E-state index >= 15 is 0 Å². The van der Waals surface area contributed by atoms with Crippen LogP contribution in [0.3, 0.4) is 0 Å². The number of hydrogen-bond acceptors (Lipinski definition) is 3. The van der Waals surface area contributed by atoms with Gasteiger partial charge in [0.1, 0.15) is 11.2 Å². The lowest BCUT2D eigenvalue weighted by molar-refractivity contribution is 0.669. The summed E-state index contributed by atoms with van der Waals surface area (Å²) in [5, 5.41) is 7.49. The Morgan fingerprint density at radius 3 is 1.76 bits per heavy atom. The predicted molar refractivity (Wildman–Crippen MR) is 210 cm³/mol. The Kier molecular flexibility index (Phi) is 6.39. The minimum absolute atomic E-state index is 0.913. The molecule has 0 radical (unpaired) electrons. The van der Waals surface area contributed by atoms with Gasteiger partial charge in [-0.2, -0.15) is 0 Å². The van der Waals surface area contributed by atoms with E-state index in [-0.39, 0.29) is 0 Å². The van der Waals surface area contributed by atoms with Crippen LogP contribution in [0.5, 0.6) is 0 Å². The normalized spacial score (nSPS) is 11.7. The molecule has 10 aromatic rings. The summed E-state index contributed by atoms with van der Waals surface area (Å²) in [5.41, 5.74) is 9.95. The van der Waals surface area contributed by atoms with Gasteiger partial charge in [-0.25, -0.2) is 0 Å². The Hall–Kier alpha value is -6.16. The van der Waals surface area contributed by atoms with Crippen molar-refractivity contribution in [1.29, 1.82) is 0 Å². The van der Waals surface area contributed by atoms with E-state index in [4.69, 9.17) is 4.42 Å². The molecule has 3 heteroatoms. The maximum absolute atomic E-state index is 6.09. The molecule has 0 saturated heterocycles. The monoisotopic (exact) mass is 643 g/mol. The van der Waals surface area contributed by atoms with Crippen LogP contribution in [0.15, 0.2) is 180 Å². The summed E-state index contributed by atoms with van der Waals surface area (Å²) >= 11 is 1.88. The molecule has 0 aliphatic rings. The first-order valence-electron chi connectivity index (χ1n) is 16.6. The van der Waals surface area contributed by atoms with Crippen molar-refractivity contribution in [1.82, 2.24) is 0 Å². The fourth-order valence-electron chi connectivity index (χ4n) is 7.22. The van der Waals surface area contributed by atoms with Crippen LogP contribution in [-0.4, -0.2) is 0 Å². The topological polar surface area (TPSA) is 16.4 Å². The number of nitrogens with zero attached hydrogens (tertiary/aromatic N) is 1. The molecule has 0 bridgehead atoms. The van der Waals surface area contributed by atoms with Crippen molar-refractivity contribution in [3.05, 3.63) is 176 Å². The molecule has 0 atom stereocenters. The second kappa shape index (κ2) is 11.2. The van der Waals surface area contributed by atoms with Crippen molar-refractivity contribution < 1.29 is 4.42 Å². The molecular formula is C46H29NOS. The van der Waals surface area contributed by atoms with E-state index in [1.165, 1.54) is 53.2 Å². The standard InChI is InChI=1S/C46H29NOS/c1-2-8-30(9-3-1)31-14-20-35(21-15-31)47(37-24-26-40-41-25-18-33-10-4-5-11-38(33)46(41)49-45(40)29-37)36-22-16-32(17-23-36)34-19-27-44-42(28-34)39-12-6-7-13-43(39)48-44/h1-29H. The van der Waals surface area contributed by atoms with Gasteiger partial charge in [0, 0.05) is 48.0 Å². The summed E-state index contributed by atoms with van der Waals surface area (Å²) in [4.78, 5) is 2.37. The number of rotatable bonds is 5. The molecule has 0 unspecified atom stereocenters. The molecule has 0 spiro atoms. The minimum Gasteiger partial charge on any atom is -0.456 e. The summed E-state index contributed by atoms with van der Waals surface area (Å²) in [6, 6.07) is 63.3. The number of furan rings is 1. The van der Waals surface area contributed by atoms with E-state index in [0.29, 0.717) is 0 Å². The van der Waals surface area contributed by atoms with E-state index in [9.17, 15) is 0 Å². The van der Waals surface area contributed by atoms with Gasteiger partial charge in [0.15, 0.2) is 0 Å². The molecule has 0 aliphatic carbocycles. The van der Waals surface area contributed by atoms with Crippen molar-refractivity contribution in [3.63, 3.8) is 0 Å². The lowest BCUT2D eigenvalue weighted by atomic mass is 10.0. The third-order valence-corrected chi connectivity index (χ3v) is 10.9. The zero-order valence-electron chi connectivity index (χ0n) is 26.5. The minimum atomic E-state index is 0.913. The number of anilines is 3. The van der Waals surface area contributed by atoms with Crippen LogP contribution in [0.1, 0.15) is 0 Å². The first-order valence-corrected chi connectivity index (χ1v) is 17.4. The SMILES string of the molecule is c1ccc(-c2ccc(N(c3ccc(-c4ccc5oc6ccccc6c5c4)cc3)c3ccc4c(c3)sc3c5ccccc5ccc43)cc2)cc1. The van der Waals surface area contributed by atoms with Crippen LogP contribution in [0.2, 0.25) is 0 Å². The molecule has 230 valence electrons. The van der Waals surface area contributed by atoms with E-state index in [0.717, 1.165) is 39.0 Å². The first-order chi connectivity index (χ1) is 24.3. The zero-order valence-corrected chi connectivity index (χ0v) is 27.3. The van der Waals surface area contributed by atoms with Crippen molar-refractivity contribution in [2.75, 3.05) is 4.90 Å². The van der Waals surface area contributed by atoms with Gasteiger partial charge in [0.05, 0.1) is 0 Å². The Labute approximate surface area is 287 Å². The van der Waals surface area contributed by atoms with Crippen LogP contribution < -0.4 is 4.90 Å². The summed E-state index contributed by atoms with van der Waals surface area (Å²) in [6.45, 7) is 0. The summed E-state index contributed by atoms with van der Waals surface area (Å²) in [5.74, 6) is 0. The molecule has 49 heavy (non-hydrogen) atoms. The average molecular weight is 644 g/mol. The Morgan fingerprint density at radius 2 is 0.959 bits per heavy atom. The van der Waals surface area contributed by atoms with E-state index in [2.05, 4.69) is 169 Å². The van der Waals surface area contributed by atoms with Gasteiger partial charge in [-0.05, 0) is 87.6 Å². The molecule has 0 N–H and O–H groups in total. The highest BCUT2D eigenvalue weighted by Crippen LogP contribution is 2.43. The van der Waals surface area contributed by atoms with Crippen LogP contribution >= 0.6 is 11.3 Å². The molecule has 2 nitrogen and oxygen atoms in total. The van der Waals surface area contributed by atoms with Crippen molar-refractivity contribution >= 4 is 81.3 Å². The third-order valence-electron chi connectivity index (χ3n) is 9.67. The molecule has 0 fully saturated rings. The van der Waals surface area contributed by atoms with Crippen LogP contribution in [0, 0.1) is 0 Å². The molecule has 0 amide bonds. The van der Waals surface area contributed by atoms with E-state index in [1.807, 2.05) is 23.5 Å². The third kappa shape index (κ3) is 4.70.